The van der Waals surface area contributed by atoms with Crippen LogP contribution in [-0.2, 0) is 19.1 Å². The second-order valence-electron chi connectivity index (χ2n) is 10.8. The second-order valence-corrected chi connectivity index (χ2v) is 10.8. The van der Waals surface area contributed by atoms with Gasteiger partial charge in [0.2, 0.25) is 6.29 Å². The van der Waals surface area contributed by atoms with Gasteiger partial charge in [0.05, 0.1) is 13.2 Å². The molecule has 0 heterocycles. The molecule has 6 heteroatoms. The topological polar surface area (TPSA) is 71.1 Å². The molecule has 0 aliphatic heterocycles. The zero-order valence-electron chi connectivity index (χ0n) is 25.8. The Morgan fingerprint density at radius 1 is 0.711 bits per heavy atom. The van der Waals surface area contributed by atoms with Crippen LogP contribution in [0.3, 0.4) is 0 Å². The van der Waals surface area contributed by atoms with Gasteiger partial charge in [-0.3, -0.25) is 0 Å². The van der Waals surface area contributed by atoms with Crippen LogP contribution in [-0.4, -0.2) is 31.4 Å². The predicted molar refractivity (Wildman–Crippen MR) is 177 cm³/mol. The van der Waals surface area contributed by atoms with Crippen LogP contribution in [0, 0.1) is 0 Å². The fourth-order valence-corrected chi connectivity index (χ4v) is 5.63. The molecule has 1 aliphatic carbocycles. The third-order valence-corrected chi connectivity index (χ3v) is 7.91. The summed E-state index contributed by atoms with van der Waals surface area (Å²) in [4.78, 5) is 22.7. The molecule has 6 nitrogen and oxygen atoms in total. The summed E-state index contributed by atoms with van der Waals surface area (Å²) in [5.41, 5.74) is 9.79. The summed E-state index contributed by atoms with van der Waals surface area (Å²) < 4.78 is 21.9. The van der Waals surface area contributed by atoms with Crippen molar-refractivity contribution in [3.8, 4) is 44.9 Å². The van der Waals surface area contributed by atoms with Crippen LogP contribution < -0.4 is 9.47 Å². The summed E-state index contributed by atoms with van der Waals surface area (Å²) >= 11 is 0. The van der Waals surface area contributed by atoms with Crippen LogP contribution >= 0.6 is 0 Å². The number of ether oxygens (including phenoxy) is 4. The third kappa shape index (κ3) is 7.35. The molecule has 0 fully saturated rings. The Labute approximate surface area is 264 Å². The average Bonchev–Trinajstić information content (AvgIpc) is 3.40. The molecule has 2 unspecified atom stereocenters. The van der Waals surface area contributed by atoms with Crippen molar-refractivity contribution in [3.63, 3.8) is 0 Å². The van der Waals surface area contributed by atoms with E-state index in [2.05, 4.69) is 68.6 Å². The molecule has 0 saturated heterocycles. The van der Waals surface area contributed by atoms with Crippen molar-refractivity contribution in [3.05, 3.63) is 121 Å². The highest BCUT2D eigenvalue weighted by molar-refractivity contribution is 5.84. The van der Waals surface area contributed by atoms with E-state index in [9.17, 15) is 9.59 Å². The molecule has 5 rings (SSSR count). The number of rotatable bonds is 14. The van der Waals surface area contributed by atoms with E-state index in [4.69, 9.17) is 18.9 Å². The van der Waals surface area contributed by atoms with Crippen LogP contribution in [0.2, 0.25) is 0 Å². The Hall–Kier alpha value is -5.10. The van der Waals surface area contributed by atoms with Crippen molar-refractivity contribution in [2.45, 2.75) is 45.3 Å². The Kier molecular flexibility index (Phi) is 10.2. The van der Waals surface area contributed by atoms with Gasteiger partial charge in [-0.2, -0.15) is 0 Å². The van der Waals surface area contributed by atoms with Gasteiger partial charge in [-0.15, -0.1) is 0 Å². The van der Waals surface area contributed by atoms with E-state index in [1.807, 2.05) is 43.3 Å². The molecule has 2 atom stereocenters. The van der Waals surface area contributed by atoms with Crippen LogP contribution in [0.15, 0.2) is 110 Å². The number of benzene rings is 4. The lowest BCUT2D eigenvalue weighted by atomic mass is 9.91. The van der Waals surface area contributed by atoms with Crippen molar-refractivity contribution in [1.29, 1.82) is 0 Å². The molecule has 0 radical (unpaired) electrons. The lowest BCUT2D eigenvalue weighted by Gasteiger charge is -2.17. The minimum absolute atomic E-state index is 0.303. The lowest BCUT2D eigenvalue weighted by molar-refractivity contribution is -0.157. The number of hydrogen-bond acceptors (Lipinski definition) is 6. The van der Waals surface area contributed by atoms with Crippen molar-refractivity contribution in [2.24, 2.45) is 0 Å². The van der Waals surface area contributed by atoms with Crippen molar-refractivity contribution in [2.75, 3.05) is 13.2 Å². The van der Waals surface area contributed by atoms with Gasteiger partial charge in [0.1, 0.15) is 11.5 Å². The fraction of sp³-hybridized carbons (Fsp3) is 0.231. The Morgan fingerprint density at radius 2 is 1.24 bits per heavy atom. The quantitative estimate of drug-likeness (QED) is 0.0621. The van der Waals surface area contributed by atoms with Crippen LogP contribution in [0.5, 0.6) is 11.5 Å². The minimum Gasteiger partial charge on any atom is -0.493 e. The van der Waals surface area contributed by atoms with Crippen molar-refractivity contribution >= 4 is 11.9 Å². The monoisotopic (exact) mass is 602 g/mol. The molecule has 0 bridgehead atoms. The van der Waals surface area contributed by atoms with Crippen molar-refractivity contribution < 1.29 is 28.5 Å². The first kappa shape index (κ1) is 31.3. The normalized spacial score (nSPS) is 13.6. The SMILES string of the molecule is C=CC(=O)OCCCOc1ccc(-c2ccc3c(c2)C(CC)c2cc(-c4ccc(OC(CC)OC(=O)C=C)cc4)ccc2-3)cc1. The maximum absolute atomic E-state index is 11.6. The summed E-state index contributed by atoms with van der Waals surface area (Å²) in [6.45, 7) is 11.7. The Balaban J connectivity index is 1.27. The highest BCUT2D eigenvalue weighted by Crippen LogP contribution is 2.48. The smallest absolute Gasteiger partial charge is 0.333 e. The van der Waals surface area contributed by atoms with Crippen molar-refractivity contribution in [1.82, 2.24) is 0 Å². The molecular weight excluding hydrogens is 564 g/mol. The van der Waals surface area contributed by atoms with Crippen LogP contribution in [0.4, 0.5) is 0 Å². The molecule has 1 aliphatic rings. The largest absolute Gasteiger partial charge is 0.493 e. The molecule has 230 valence electrons. The van der Waals surface area contributed by atoms with E-state index in [-0.39, 0.29) is 0 Å². The van der Waals surface area contributed by atoms with E-state index in [0.29, 0.717) is 37.7 Å². The number of carbonyl (C=O) groups is 2. The molecule has 0 aromatic heterocycles. The molecule has 0 amide bonds. The highest BCUT2D eigenvalue weighted by atomic mass is 16.7. The van der Waals surface area contributed by atoms with Crippen LogP contribution in [0.1, 0.15) is 50.2 Å². The predicted octanol–water partition coefficient (Wildman–Crippen LogP) is 8.89. The zero-order valence-corrected chi connectivity index (χ0v) is 25.8. The standard InChI is InChI=1S/C39H38O6/c1-5-32-35-24-28(26-10-16-30(17-11-26)42-22-9-23-43-37(40)6-2)14-20-33(35)34-21-15-29(25-36(32)34)27-12-18-31(19-13-27)44-39(8-4)45-38(41)7-3/h6-7,10-21,24-25,32,39H,2-3,5,8-9,22-23H2,1,4H3. The zero-order chi connectivity index (χ0) is 31.8. The third-order valence-electron chi connectivity index (χ3n) is 7.91. The van der Waals surface area contributed by atoms with Gasteiger partial charge in [0.25, 0.3) is 0 Å². The Morgan fingerprint density at radius 3 is 1.76 bits per heavy atom. The summed E-state index contributed by atoms with van der Waals surface area (Å²) in [5, 5.41) is 0. The van der Waals surface area contributed by atoms with Crippen LogP contribution in [0.25, 0.3) is 33.4 Å². The summed E-state index contributed by atoms with van der Waals surface area (Å²) in [6, 6.07) is 29.4. The van der Waals surface area contributed by atoms with Gasteiger partial charge in [-0.25, -0.2) is 9.59 Å². The molecule has 0 spiro atoms. The van der Waals surface area contributed by atoms with Gasteiger partial charge >= 0.3 is 11.9 Å². The molecule has 4 aromatic carbocycles. The minimum atomic E-state index is -0.659. The van der Waals surface area contributed by atoms with Gasteiger partial charge in [-0.05, 0) is 87.3 Å². The van der Waals surface area contributed by atoms with E-state index >= 15 is 0 Å². The molecule has 4 aromatic rings. The van der Waals surface area contributed by atoms with E-state index in [0.717, 1.165) is 41.0 Å². The number of esters is 2. The summed E-state index contributed by atoms with van der Waals surface area (Å²) in [7, 11) is 0. The van der Waals surface area contributed by atoms with E-state index in [1.165, 1.54) is 27.8 Å². The number of hydrogen-bond donors (Lipinski definition) is 0. The maximum Gasteiger partial charge on any atom is 0.333 e. The first-order valence-electron chi connectivity index (χ1n) is 15.3. The molecule has 45 heavy (non-hydrogen) atoms. The van der Waals surface area contributed by atoms with Gasteiger partial charge in [0, 0.05) is 30.9 Å². The molecule has 0 N–H and O–H groups in total. The summed E-state index contributed by atoms with van der Waals surface area (Å²) in [6.07, 6.45) is 3.78. The van der Waals surface area contributed by atoms with Gasteiger partial charge < -0.3 is 18.9 Å². The second kappa shape index (κ2) is 14.6. The first-order valence-corrected chi connectivity index (χ1v) is 15.3. The number of fused-ring (bicyclic) bond motifs is 3. The lowest BCUT2D eigenvalue weighted by Crippen LogP contribution is -2.22. The van der Waals surface area contributed by atoms with Gasteiger partial charge in [0.15, 0.2) is 0 Å². The average molecular weight is 603 g/mol. The molecular formula is C39H38O6. The molecule has 0 saturated carbocycles. The number of carbonyl (C=O) groups excluding carboxylic acids is 2. The van der Waals surface area contributed by atoms with Gasteiger partial charge in [-0.1, -0.05) is 75.5 Å². The fourth-order valence-electron chi connectivity index (χ4n) is 5.63. The maximum atomic E-state index is 11.6. The first-order chi connectivity index (χ1) is 21.9. The Bertz CT molecular complexity index is 1670. The van der Waals surface area contributed by atoms with E-state index < -0.39 is 18.2 Å². The highest BCUT2D eigenvalue weighted by Gasteiger charge is 2.28. The van der Waals surface area contributed by atoms with E-state index in [1.54, 1.807) is 0 Å². The summed E-state index contributed by atoms with van der Waals surface area (Å²) in [5.74, 6) is 0.802.